The van der Waals surface area contributed by atoms with Gasteiger partial charge in [-0.1, -0.05) is 171 Å². The number of hydrogen-bond acceptors (Lipinski definition) is 18. The topological polar surface area (TPSA) is 297 Å². The lowest BCUT2D eigenvalue weighted by Crippen LogP contribution is -2.60. The van der Waals surface area contributed by atoms with Crippen LogP contribution in [-0.4, -0.2) is 114 Å². The second-order valence-electron chi connectivity index (χ2n) is 35.5. The Hall–Kier alpha value is -8.82. The molecule has 676 valence electrons. The van der Waals surface area contributed by atoms with Crippen molar-refractivity contribution in [2.75, 3.05) is 13.2 Å². The highest BCUT2D eigenvalue weighted by molar-refractivity contribution is 7.97. The summed E-state index contributed by atoms with van der Waals surface area (Å²) in [6.45, 7) is 2.65. The van der Waals surface area contributed by atoms with Crippen molar-refractivity contribution in [3.05, 3.63) is 273 Å². The summed E-state index contributed by atoms with van der Waals surface area (Å²) in [7, 11) is -18.3. The Morgan fingerprint density at radius 3 is 0.961 bits per heavy atom. The number of alkyl halides is 6. The van der Waals surface area contributed by atoms with Crippen molar-refractivity contribution in [2.24, 2.45) is 57.7 Å². The first-order valence-corrected chi connectivity index (χ1v) is 50.2. The van der Waals surface area contributed by atoms with E-state index in [4.69, 9.17) is 9.47 Å². The largest absolute Gasteiger partial charge is 0.743 e. The highest BCUT2D eigenvalue weighted by Crippen LogP contribution is 2.67. The molecular formula is C97H102F6O18S6. The molecule has 12 saturated carbocycles. The van der Waals surface area contributed by atoms with E-state index in [0.29, 0.717) is 44.9 Å². The van der Waals surface area contributed by atoms with Gasteiger partial charge >= 0.3 is 39.6 Å². The van der Waals surface area contributed by atoms with E-state index in [-0.39, 0.29) is 92.7 Å². The van der Waals surface area contributed by atoms with Crippen molar-refractivity contribution in [3.8, 4) is 0 Å². The third-order valence-corrected chi connectivity index (χ3v) is 34.5. The maximum absolute atomic E-state index is 13.4. The Morgan fingerprint density at radius 2 is 0.669 bits per heavy atom. The van der Waals surface area contributed by atoms with Crippen molar-refractivity contribution in [1.82, 2.24) is 0 Å². The SMILES string of the molecule is CC(=O)OC1C2CC3CC1CC(OC(=O)C(F)(F)S(=O)(=O)[O-])(C3)C2.CC12CC3CC(O)(C1)CC(COC(=O)C(F)(F)S(=O)(=O)[O-])(C3)C2.O=C(OCCCC12CC3CC(CC(C3)C1)C2)C(F)(F)S(=O)(=O)[O-].c1ccc([S+](c2ccccc2)c2ccccc2)cc1.c1ccc([S+](c2ccccc2)c2ccccc2)cc1.c1ccc([S+](c2ccccc2)c2ccccc2)cc1. The third kappa shape index (κ3) is 23.3. The van der Waals surface area contributed by atoms with Gasteiger partial charge in [0, 0.05) is 24.2 Å². The summed E-state index contributed by atoms with van der Waals surface area (Å²) in [5.74, 6) is -4.88. The molecule has 12 fully saturated rings. The second-order valence-corrected chi connectivity index (χ2v) is 45.9. The van der Waals surface area contributed by atoms with Gasteiger partial charge in [-0.25, -0.2) is 39.6 Å². The van der Waals surface area contributed by atoms with E-state index in [1.807, 2.05) is 6.92 Å². The maximum atomic E-state index is 13.4. The fraction of sp³-hybridized carbons (Fsp3) is 0.402. The van der Waals surface area contributed by atoms with Gasteiger partial charge in [-0.05, 0) is 272 Å². The molecule has 12 aliphatic carbocycles. The first-order valence-electron chi connectivity index (χ1n) is 42.3. The van der Waals surface area contributed by atoms with Crippen LogP contribution < -0.4 is 0 Å². The normalized spacial score (nSPS) is 26.2. The lowest BCUT2D eigenvalue weighted by molar-refractivity contribution is -0.223. The van der Waals surface area contributed by atoms with E-state index < -0.39 is 93.2 Å². The van der Waals surface area contributed by atoms with Crippen LogP contribution >= 0.6 is 0 Å². The highest BCUT2D eigenvalue weighted by Gasteiger charge is 2.64. The molecule has 0 heterocycles. The predicted molar refractivity (Wildman–Crippen MR) is 465 cm³/mol. The number of hydrogen-bond donors (Lipinski definition) is 1. The summed E-state index contributed by atoms with van der Waals surface area (Å²) in [5.41, 5.74) is -2.60. The third-order valence-electron chi connectivity index (χ3n) is 25.4. The Morgan fingerprint density at radius 1 is 0.378 bits per heavy atom. The van der Waals surface area contributed by atoms with Gasteiger partial charge in [0.25, 0.3) is 0 Å². The lowest BCUT2D eigenvalue weighted by Gasteiger charge is -2.64. The Kier molecular flexibility index (Phi) is 30.1. The van der Waals surface area contributed by atoms with Gasteiger partial charge < -0.3 is 37.7 Å². The zero-order valence-electron chi connectivity index (χ0n) is 70.1. The van der Waals surface area contributed by atoms with Gasteiger partial charge in [0.05, 0.1) is 51.5 Å². The van der Waals surface area contributed by atoms with Crippen LogP contribution in [0.5, 0.6) is 0 Å². The summed E-state index contributed by atoms with van der Waals surface area (Å²) in [5, 5.41) is -4.55. The summed E-state index contributed by atoms with van der Waals surface area (Å²) in [6, 6.07) is 96.5. The molecule has 18 nitrogen and oxygen atoms in total. The minimum Gasteiger partial charge on any atom is -0.743 e. The Bertz CT molecular complexity index is 4930. The molecule has 1 N–H and O–H groups in total. The molecule has 0 saturated heterocycles. The molecule has 9 aromatic carbocycles. The molecule has 0 spiro atoms. The van der Waals surface area contributed by atoms with E-state index in [0.717, 1.165) is 43.4 Å². The van der Waals surface area contributed by atoms with Crippen molar-refractivity contribution in [3.63, 3.8) is 0 Å². The summed E-state index contributed by atoms with van der Waals surface area (Å²) < 4.78 is 193. The van der Waals surface area contributed by atoms with Gasteiger partial charge in [-0.15, -0.1) is 0 Å². The van der Waals surface area contributed by atoms with Crippen molar-refractivity contribution >= 4 is 86.9 Å². The van der Waals surface area contributed by atoms with Crippen LogP contribution in [0.2, 0.25) is 0 Å². The average Bonchev–Trinajstić information content (AvgIpc) is 0.714. The zero-order valence-corrected chi connectivity index (χ0v) is 75.0. The number of carbonyl (C=O) groups excluding carboxylic acids is 4. The molecule has 0 amide bonds. The molecule has 21 rings (SSSR count). The van der Waals surface area contributed by atoms with Gasteiger partial charge in [-0.2, -0.15) is 26.3 Å². The molecule has 12 aliphatic rings. The number of esters is 4. The van der Waals surface area contributed by atoms with Crippen molar-refractivity contribution in [2.45, 2.75) is 213 Å². The predicted octanol–water partition coefficient (Wildman–Crippen LogP) is 19.6. The zero-order chi connectivity index (χ0) is 90.9. The highest BCUT2D eigenvalue weighted by atomic mass is 32.2. The monoisotopic (exact) mass is 1860 g/mol. The molecule has 0 aromatic heterocycles. The maximum Gasteiger partial charge on any atom is 0.428 e. The number of carbonyl (C=O) groups is 4. The molecule has 12 bridgehead atoms. The van der Waals surface area contributed by atoms with Crippen LogP contribution in [0.25, 0.3) is 0 Å². The van der Waals surface area contributed by atoms with Crippen LogP contribution in [0.4, 0.5) is 26.3 Å². The number of rotatable bonds is 23. The molecule has 6 atom stereocenters. The average molecular weight is 1860 g/mol. The van der Waals surface area contributed by atoms with Crippen LogP contribution in [0.3, 0.4) is 0 Å². The summed E-state index contributed by atoms with van der Waals surface area (Å²) >= 11 is 0. The smallest absolute Gasteiger partial charge is 0.428 e. The molecule has 0 aliphatic heterocycles. The summed E-state index contributed by atoms with van der Waals surface area (Å²) in [6.07, 6.45) is 14.4. The lowest BCUT2D eigenvalue weighted by atomic mass is 9.43. The fourth-order valence-corrected chi connectivity index (χ4v) is 29.1. The number of ether oxygens (including phenoxy) is 4. The summed E-state index contributed by atoms with van der Waals surface area (Å²) in [4.78, 5) is 57.5. The van der Waals surface area contributed by atoms with Crippen LogP contribution in [-0.2, 0) is 101 Å². The quantitative estimate of drug-likeness (QED) is 0.0155. The first-order chi connectivity index (χ1) is 60.2. The van der Waals surface area contributed by atoms with Gasteiger partial charge in [0.15, 0.2) is 74.4 Å². The molecular weight excluding hydrogens is 1760 g/mol. The standard InChI is InChI=1S/3C18H15S.C15H22F2O5S.C14H18F2O7S.C14H20F2O6S/c3*1-4-10-16(11-5-1)19(17-12-6-2-7-13-17)18-14-8-3-9-15-18;16-15(17,23(19,20)21)13(18)22-3-1-2-14-7-10-4-11(8-14)6-12(5-10)9-14;1-7(17)22-11-9-2-8-3-10(11)6-13(4-8,5-9)23-12(18)14(15,16)24(19,20)21;1-11-2-9-3-12(5-11,7-13(18,4-9)6-11)8-22-10(17)14(15,16)23(19,20)21/h3*1-15H;10-12H,1-9H2,(H,19,20,21);8-11H,2-6H2,1H3,(H,19,20,21);9,18H,2-8H2,1H3,(H,19,20,21)/q3*+1;;;/p-3. The Labute approximate surface area is 747 Å². The van der Waals surface area contributed by atoms with Crippen LogP contribution in [0.1, 0.15) is 136 Å². The van der Waals surface area contributed by atoms with Crippen molar-refractivity contribution < 1.29 is 108 Å². The van der Waals surface area contributed by atoms with E-state index in [9.17, 15) is 89.5 Å². The number of aliphatic hydroxyl groups is 1. The fourth-order valence-electron chi connectivity index (χ4n) is 22.0. The van der Waals surface area contributed by atoms with E-state index in [1.54, 1.807) is 0 Å². The molecule has 6 unspecified atom stereocenters. The van der Waals surface area contributed by atoms with E-state index in [1.165, 1.54) is 89.5 Å². The van der Waals surface area contributed by atoms with Crippen LogP contribution in [0, 0.1) is 57.7 Å². The van der Waals surface area contributed by atoms with Gasteiger partial charge in [-0.3, -0.25) is 4.79 Å². The van der Waals surface area contributed by atoms with Gasteiger partial charge in [0.1, 0.15) is 11.7 Å². The molecule has 30 heteroatoms. The number of halogens is 6. The molecule has 0 radical (unpaired) electrons. The minimum absolute atomic E-state index is 0.0146. The Balaban J connectivity index is 0.000000131. The second kappa shape index (κ2) is 39.9. The van der Waals surface area contributed by atoms with Gasteiger partial charge in [0.2, 0.25) is 0 Å². The molecule has 127 heavy (non-hydrogen) atoms. The van der Waals surface area contributed by atoms with Crippen molar-refractivity contribution in [1.29, 1.82) is 0 Å². The first kappa shape index (κ1) is 95.8. The van der Waals surface area contributed by atoms with E-state index in [2.05, 4.69) is 282 Å². The minimum atomic E-state index is -6.14. The van der Waals surface area contributed by atoms with E-state index >= 15 is 0 Å². The van der Waals surface area contributed by atoms with Crippen LogP contribution in [0.15, 0.2) is 317 Å². The molecule has 9 aromatic rings. The number of benzene rings is 9.